The SMILES string of the molecule is O=S(=O)(CCc1ccccc1)N1CCCC1CCl. The zero-order valence-electron chi connectivity index (χ0n) is 10.3. The van der Waals surface area contributed by atoms with Gasteiger partial charge in [0.15, 0.2) is 0 Å². The van der Waals surface area contributed by atoms with Crippen molar-refractivity contribution in [3.05, 3.63) is 35.9 Å². The Bertz CT molecular complexity index is 475. The molecule has 1 aromatic carbocycles. The molecular weight excluding hydrogens is 270 g/mol. The van der Waals surface area contributed by atoms with Gasteiger partial charge in [0.05, 0.1) is 5.75 Å². The van der Waals surface area contributed by atoms with Crippen LogP contribution in [0.4, 0.5) is 0 Å². The van der Waals surface area contributed by atoms with E-state index in [1.165, 1.54) is 0 Å². The molecule has 3 nitrogen and oxygen atoms in total. The molecule has 1 atom stereocenters. The third kappa shape index (κ3) is 3.25. The second-order valence-corrected chi connectivity index (χ2v) is 6.96. The molecule has 1 unspecified atom stereocenters. The van der Waals surface area contributed by atoms with E-state index in [4.69, 9.17) is 11.6 Å². The number of aryl methyl sites for hydroxylation is 1. The van der Waals surface area contributed by atoms with Crippen molar-refractivity contribution in [3.8, 4) is 0 Å². The van der Waals surface area contributed by atoms with Crippen molar-refractivity contribution in [1.29, 1.82) is 0 Å². The first-order valence-corrected chi connectivity index (χ1v) is 8.37. The van der Waals surface area contributed by atoms with Crippen molar-refractivity contribution < 1.29 is 8.42 Å². The second-order valence-electron chi connectivity index (χ2n) is 4.61. The van der Waals surface area contributed by atoms with Gasteiger partial charge in [0.25, 0.3) is 0 Å². The fourth-order valence-corrected chi connectivity index (χ4v) is 4.51. The zero-order valence-corrected chi connectivity index (χ0v) is 11.8. The highest BCUT2D eigenvalue weighted by Crippen LogP contribution is 2.22. The van der Waals surface area contributed by atoms with Gasteiger partial charge in [0, 0.05) is 18.5 Å². The van der Waals surface area contributed by atoms with Gasteiger partial charge in [-0.05, 0) is 24.8 Å². The number of rotatable bonds is 5. The van der Waals surface area contributed by atoms with E-state index in [-0.39, 0.29) is 11.8 Å². The van der Waals surface area contributed by atoms with Gasteiger partial charge in [-0.3, -0.25) is 0 Å². The molecule has 1 aliphatic heterocycles. The summed E-state index contributed by atoms with van der Waals surface area (Å²) in [4.78, 5) is 0. The van der Waals surface area contributed by atoms with Crippen LogP contribution in [0.2, 0.25) is 0 Å². The van der Waals surface area contributed by atoms with Crippen LogP contribution in [-0.4, -0.2) is 36.9 Å². The summed E-state index contributed by atoms with van der Waals surface area (Å²) in [5.74, 6) is 0.564. The topological polar surface area (TPSA) is 37.4 Å². The van der Waals surface area contributed by atoms with E-state index in [1.807, 2.05) is 30.3 Å². The molecule has 100 valence electrons. The first-order chi connectivity index (χ1) is 8.63. The van der Waals surface area contributed by atoms with Crippen molar-refractivity contribution in [2.45, 2.75) is 25.3 Å². The molecule has 0 bridgehead atoms. The van der Waals surface area contributed by atoms with Gasteiger partial charge in [0.2, 0.25) is 10.0 Å². The Balaban J connectivity index is 1.99. The van der Waals surface area contributed by atoms with Gasteiger partial charge in [0.1, 0.15) is 0 Å². The summed E-state index contributed by atoms with van der Waals surface area (Å²) in [5.41, 5.74) is 1.06. The van der Waals surface area contributed by atoms with Crippen LogP contribution >= 0.6 is 11.6 Å². The van der Waals surface area contributed by atoms with Gasteiger partial charge < -0.3 is 0 Å². The highest BCUT2D eigenvalue weighted by Gasteiger charge is 2.32. The summed E-state index contributed by atoms with van der Waals surface area (Å²) in [7, 11) is -3.17. The predicted octanol–water partition coefficient (Wildman–Crippen LogP) is 2.26. The van der Waals surface area contributed by atoms with Crippen molar-refractivity contribution in [2.24, 2.45) is 0 Å². The molecule has 18 heavy (non-hydrogen) atoms. The molecule has 1 aromatic rings. The number of halogens is 1. The van der Waals surface area contributed by atoms with Crippen molar-refractivity contribution in [3.63, 3.8) is 0 Å². The Morgan fingerprint density at radius 3 is 2.67 bits per heavy atom. The summed E-state index contributed by atoms with van der Waals surface area (Å²) in [6, 6.07) is 9.70. The lowest BCUT2D eigenvalue weighted by molar-refractivity contribution is 0.411. The Hall–Kier alpha value is -0.580. The minimum atomic E-state index is -3.17. The Morgan fingerprint density at radius 2 is 2.00 bits per heavy atom. The van der Waals surface area contributed by atoms with Crippen LogP contribution in [0, 0.1) is 0 Å². The number of hydrogen-bond donors (Lipinski definition) is 0. The highest BCUT2D eigenvalue weighted by atomic mass is 35.5. The summed E-state index contributed by atoms with van der Waals surface area (Å²) >= 11 is 5.82. The third-order valence-corrected chi connectivity index (χ3v) is 5.62. The number of benzene rings is 1. The van der Waals surface area contributed by atoms with Crippen LogP contribution in [0.25, 0.3) is 0 Å². The summed E-state index contributed by atoms with van der Waals surface area (Å²) in [6.45, 7) is 0.620. The molecular formula is C13H18ClNO2S. The minimum Gasteiger partial charge on any atom is -0.212 e. The largest absolute Gasteiger partial charge is 0.214 e. The highest BCUT2D eigenvalue weighted by molar-refractivity contribution is 7.89. The Labute approximate surface area is 114 Å². The van der Waals surface area contributed by atoms with Crippen molar-refractivity contribution in [1.82, 2.24) is 4.31 Å². The number of alkyl halides is 1. The van der Waals surface area contributed by atoms with Gasteiger partial charge in [-0.15, -0.1) is 11.6 Å². The molecule has 0 saturated carbocycles. The molecule has 1 saturated heterocycles. The molecule has 1 aliphatic rings. The van der Waals surface area contributed by atoms with E-state index < -0.39 is 10.0 Å². The standard InChI is InChI=1S/C13H18ClNO2S/c14-11-13-7-4-9-15(13)18(16,17)10-8-12-5-2-1-3-6-12/h1-3,5-6,13H,4,7-11H2. The third-order valence-electron chi connectivity index (χ3n) is 3.35. The minimum absolute atomic E-state index is 0.00700. The lowest BCUT2D eigenvalue weighted by Gasteiger charge is -2.22. The first kappa shape index (κ1) is 13.8. The van der Waals surface area contributed by atoms with Crippen LogP contribution in [0.1, 0.15) is 18.4 Å². The van der Waals surface area contributed by atoms with Crippen LogP contribution < -0.4 is 0 Å². The van der Waals surface area contributed by atoms with Crippen molar-refractivity contribution >= 4 is 21.6 Å². The Morgan fingerprint density at radius 1 is 1.28 bits per heavy atom. The molecule has 1 heterocycles. The van der Waals surface area contributed by atoms with Crippen LogP contribution in [-0.2, 0) is 16.4 Å². The quantitative estimate of drug-likeness (QED) is 0.779. The fourth-order valence-electron chi connectivity index (χ4n) is 2.34. The maximum Gasteiger partial charge on any atom is 0.214 e. The van der Waals surface area contributed by atoms with E-state index in [2.05, 4.69) is 0 Å². The van der Waals surface area contributed by atoms with Crippen LogP contribution in [0.5, 0.6) is 0 Å². The van der Waals surface area contributed by atoms with E-state index in [9.17, 15) is 8.42 Å². The predicted molar refractivity (Wildman–Crippen MR) is 74.4 cm³/mol. The number of hydrogen-bond acceptors (Lipinski definition) is 2. The molecule has 0 N–H and O–H groups in total. The molecule has 0 aromatic heterocycles. The van der Waals surface area contributed by atoms with E-state index in [0.717, 1.165) is 18.4 Å². The molecule has 0 radical (unpaired) electrons. The lowest BCUT2D eigenvalue weighted by atomic mass is 10.2. The van der Waals surface area contributed by atoms with E-state index >= 15 is 0 Å². The Kier molecular flexibility index (Phi) is 4.65. The van der Waals surface area contributed by atoms with Crippen LogP contribution in [0.15, 0.2) is 30.3 Å². The molecule has 2 rings (SSSR count). The maximum absolute atomic E-state index is 12.2. The first-order valence-electron chi connectivity index (χ1n) is 6.23. The second kappa shape index (κ2) is 6.04. The smallest absolute Gasteiger partial charge is 0.212 e. The monoisotopic (exact) mass is 287 g/mol. The fraction of sp³-hybridized carbons (Fsp3) is 0.538. The summed E-state index contributed by atoms with van der Waals surface area (Å²) in [5, 5.41) is 0. The lowest BCUT2D eigenvalue weighted by Crippen LogP contribution is -2.38. The average Bonchev–Trinajstić information content (AvgIpc) is 2.87. The van der Waals surface area contributed by atoms with Gasteiger partial charge in [-0.2, -0.15) is 4.31 Å². The number of nitrogens with zero attached hydrogens (tertiary/aromatic N) is 1. The summed E-state index contributed by atoms with van der Waals surface area (Å²) < 4.78 is 26.1. The molecule has 0 amide bonds. The van der Waals surface area contributed by atoms with Gasteiger partial charge in [-0.25, -0.2) is 8.42 Å². The molecule has 0 aliphatic carbocycles. The number of sulfonamides is 1. The van der Waals surface area contributed by atoms with Gasteiger partial charge in [-0.1, -0.05) is 30.3 Å². The normalized spacial score (nSPS) is 21.3. The van der Waals surface area contributed by atoms with Crippen molar-refractivity contribution in [2.75, 3.05) is 18.2 Å². The average molecular weight is 288 g/mol. The van der Waals surface area contributed by atoms with Crippen LogP contribution in [0.3, 0.4) is 0 Å². The van der Waals surface area contributed by atoms with Gasteiger partial charge >= 0.3 is 0 Å². The molecule has 0 spiro atoms. The maximum atomic E-state index is 12.2. The van der Waals surface area contributed by atoms with E-state index in [1.54, 1.807) is 4.31 Å². The molecule has 5 heteroatoms. The zero-order chi connectivity index (χ0) is 13.0. The van der Waals surface area contributed by atoms with E-state index in [0.29, 0.717) is 18.8 Å². The molecule has 1 fully saturated rings. The summed E-state index contributed by atoms with van der Waals surface area (Å²) in [6.07, 6.45) is 2.37.